The fraction of sp³-hybridized carbons (Fsp3) is 0.533. The molecule has 0 radical (unpaired) electrons. The Hall–Kier alpha value is -2.02. The van der Waals surface area contributed by atoms with Gasteiger partial charge in [-0.25, -0.2) is 13.2 Å². The van der Waals surface area contributed by atoms with Gasteiger partial charge in [-0.15, -0.1) is 4.83 Å². The zero-order chi connectivity index (χ0) is 22.2. The highest BCUT2D eigenvalue weighted by Crippen LogP contribution is 2.42. The van der Waals surface area contributed by atoms with E-state index in [0.29, 0.717) is 5.32 Å². The quantitative estimate of drug-likeness (QED) is 0.501. The largest absolute Gasteiger partial charge is 0.420 e. The first-order valence-corrected chi connectivity index (χ1v) is 9.13. The van der Waals surface area contributed by atoms with Gasteiger partial charge in [0.25, 0.3) is 10.0 Å². The summed E-state index contributed by atoms with van der Waals surface area (Å²) < 4.78 is 101. The number of rotatable bonds is 4. The fourth-order valence-electron chi connectivity index (χ4n) is 1.87. The second-order valence-corrected chi connectivity index (χ2v) is 8.76. The molecule has 0 aliphatic carbocycles. The second-order valence-electron chi connectivity index (χ2n) is 7.08. The van der Waals surface area contributed by atoms with E-state index >= 15 is 0 Å². The maximum Gasteiger partial charge on any atom is 0.420 e. The summed E-state index contributed by atoms with van der Waals surface area (Å²) >= 11 is 0. The molecule has 160 valence electrons. The number of hydrogen-bond donors (Lipinski definition) is 3. The van der Waals surface area contributed by atoms with Gasteiger partial charge in [0.2, 0.25) is 5.54 Å². The van der Waals surface area contributed by atoms with Crippen LogP contribution in [0.25, 0.3) is 0 Å². The molecule has 2 amide bonds. The first-order valence-electron chi connectivity index (χ1n) is 7.65. The van der Waals surface area contributed by atoms with Gasteiger partial charge in [-0.05, 0) is 30.0 Å². The minimum Gasteiger partial charge on any atom is -0.315 e. The summed E-state index contributed by atoms with van der Waals surface area (Å²) in [6.07, 6.45) is -11.7. The monoisotopic (exact) mass is 435 g/mol. The molecule has 0 unspecified atom stereocenters. The minimum absolute atomic E-state index is 0.284. The molecule has 0 fully saturated rings. The molecule has 13 heteroatoms. The van der Waals surface area contributed by atoms with Crippen molar-refractivity contribution < 1.29 is 39.6 Å². The molecule has 28 heavy (non-hydrogen) atoms. The summed E-state index contributed by atoms with van der Waals surface area (Å²) in [5.74, 6) is 0. The number of hydrogen-bond acceptors (Lipinski definition) is 3. The summed E-state index contributed by atoms with van der Waals surface area (Å²) in [6.45, 7) is 5.34. The van der Waals surface area contributed by atoms with E-state index in [9.17, 15) is 39.6 Å². The van der Waals surface area contributed by atoms with Crippen molar-refractivity contribution in [3.05, 3.63) is 29.8 Å². The highest BCUT2D eigenvalue weighted by molar-refractivity contribution is 7.89. The third-order valence-corrected chi connectivity index (χ3v) is 5.09. The van der Waals surface area contributed by atoms with Crippen molar-refractivity contribution in [3.63, 3.8) is 0 Å². The van der Waals surface area contributed by atoms with Crippen molar-refractivity contribution in [2.45, 2.75) is 55.9 Å². The van der Waals surface area contributed by atoms with Crippen LogP contribution in [-0.4, -0.2) is 32.3 Å². The van der Waals surface area contributed by atoms with Crippen LogP contribution in [0.2, 0.25) is 0 Å². The van der Waals surface area contributed by atoms with E-state index in [-0.39, 0.29) is 17.2 Å². The predicted octanol–water partition coefficient (Wildman–Crippen LogP) is 3.36. The van der Waals surface area contributed by atoms with Crippen molar-refractivity contribution in [2.24, 2.45) is 0 Å². The lowest BCUT2D eigenvalue weighted by Gasteiger charge is -2.34. The van der Waals surface area contributed by atoms with Crippen molar-refractivity contribution in [1.82, 2.24) is 15.6 Å². The molecule has 0 aliphatic heterocycles. The minimum atomic E-state index is -5.87. The topological polar surface area (TPSA) is 87.3 Å². The lowest BCUT2D eigenvalue weighted by Crippen LogP contribution is -2.67. The Labute approximate surface area is 157 Å². The zero-order valence-corrected chi connectivity index (χ0v) is 16.0. The third-order valence-electron chi connectivity index (χ3n) is 3.83. The summed E-state index contributed by atoms with van der Waals surface area (Å²) in [6, 6.07) is 3.29. The summed E-state index contributed by atoms with van der Waals surface area (Å²) in [5.41, 5.74) is -2.80. The average Bonchev–Trinajstić information content (AvgIpc) is 2.50. The maximum atomic E-state index is 12.7. The first kappa shape index (κ1) is 24.0. The molecular formula is C15H19F6N3O3S. The van der Waals surface area contributed by atoms with Gasteiger partial charge in [-0.2, -0.15) is 26.3 Å². The highest BCUT2D eigenvalue weighted by Gasteiger charge is 2.68. The van der Waals surface area contributed by atoms with E-state index in [0.717, 1.165) is 5.56 Å². The maximum absolute atomic E-state index is 12.7. The molecule has 3 N–H and O–H groups in total. The number of sulfonamides is 1. The van der Waals surface area contributed by atoms with Crippen LogP contribution >= 0.6 is 0 Å². The number of benzene rings is 1. The molecule has 0 saturated heterocycles. The van der Waals surface area contributed by atoms with Crippen molar-refractivity contribution in [1.29, 1.82) is 0 Å². The Morgan fingerprint density at radius 3 is 1.64 bits per heavy atom. The average molecular weight is 435 g/mol. The summed E-state index contributed by atoms with van der Waals surface area (Å²) in [7, 11) is -4.43. The molecular weight excluding hydrogens is 416 g/mol. The van der Waals surface area contributed by atoms with Crippen LogP contribution in [-0.2, 0) is 15.4 Å². The molecule has 0 bridgehead atoms. The van der Waals surface area contributed by atoms with E-state index in [1.807, 2.05) is 20.8 Å². The molecule has 0 saturated carbocycles. The smallest absolute Gasteiger partial charge is 0.315 e. The molecule has 0 aliphatic rings. The van der Waals surface area contributed by atoms with E-state index < -0.39 is 33.9 Å². The SMILES string of the molecule is CC(C)(C)c1ccc(S(=O)(=O)NNC(=O)NC(C)(C(F)(F)F)C(F)(F)F)cc1. The molecule has 0 heterocycles. The molecule has 0 atom stereocenters. The van der Waals surface area contributed by atoms with E-state index in [1.54, 1.807) is 0 Å². The van der Waals surface area contributed by atoms with Crippen molar-refractivity contribution in [3.8, 4) is 0 Å². The van der Waals surface area contributed by atoms with Crippen LogP contribution in [0.3, 0.4) is 0 Å². The van der Waals surface area contributed by atoms with E-state index in [1.165, 1.54) is 34.5 Å². The number of alkyl halides is 6. The zero-order valence-electron chi connectivity index (χ0n) is 15.2. The lowest BCUT2D eigenvalue weighted by atomic mass is 9.87. The number of nitrogens with one attached hydrogen (secondary N) is 3. The van der Waals surface area contributed by atoms with Crippen LogP contribution in [0.5, 0.6) is 0 Å². The van der Waals surface area contributed by atoms with Gasteiger partial charge in [0, 0.05) is 0 Å². The number of amides is 2. The van der Waals surface area contributed by atoms with Gasteiger partial charge in [-0.3, -0.25) is 5.43 Å². The lowest BCUT2D eigenvalue weighted by molar-refractivity contribution is -0.297. The summed E-state index contributed by atoms with van der Waals surface area (Å²) in [4.78, 5) is 12.5. The van der Waals surface area contributed by atoms with Gasteiger partial charge < -0.3 is 5.32 Å². The van der Waals surface area contributed by atoms with Gasteiger partial charge in [0.15, 0.2) is 0 Å². The molecule has 0 aromatic heterocycles. The Morgan fingerprint density at radius 2 is 1.29 bits per heavy atom. The molecule has 6 nitrogen and oxygen atoms in total. The third kappa shape index (κ3) is 5.28. The highest BCUT2D eigenvalue weighted by atomic mass is 32.2. The van der Waals surface area contributed by atoms with E-state index in [2.05, 4.69) is 0 Å². The Bertz CT molecular complexity index is 797. The van der Waals surface area contributed by atoms with Crippen molar-refractivity contribution >= 4 is 16.1 Å². The van der Waals surface area contributed by atoms with Crippen LogP contribution in [0, 0.1) is 0 Å². The van der Waals surface area contributed by atoms with Crippen LogP contribution in [0.15, 0.2) is 29.2 Å². The predicted molar refractivity (Wildman–Crippen MR) is 87.6 cm³/mol. The molecule has 0 spiro atoms. The number of carbonyl (C=O) groups is 1. The number of urea groups is 1. The van der Waals surface area contributed by atoms with E-state index in [4.69, 9.17) is 0 Å². The van der Waals surface area contributed by atoms with Gasteiger partial charge in [-0.1, -0.05) is 32.9 Å². The van der Waals surface area contributed by atoms with Gasteiger partial charge in [0.1, 0.15) is 0 Å². The van der Waals surface area contributed by atoms with Crippen LogP contribution in [0.4, 0.5) is 31.1 Å². The first-order chi connectivity index (χ1) is 12.3. The Morgan fingerprint density at radius 1 is 0.857 bits per heavy atom. The summed E-state index contributed by atoms with van der Waals surface area (Å²) in [5, 5.41) is 0.699. The standard InChI is InChI=1S/C15H19F6N3O3S/c1-12(2,3)9-5-7-10(8-6-9)28(26,27)24-23-11(25)22-13(4,14(16,17)18)15(19,20)21/h5-8,24H,1-4H3,(H2,22,23,25). The molecule has 1 rings (SSSR count). The van der Waals surface area contributed by atoms with Crippen molar-refractivity contribution in [2.75, 3.05) is 0 Å². The van der Waals surface area contributed by atoms with Crippen LogP contribution in [0.1, 0.15) is 33.3 Å². The number of hydrazine groups is 1. The fourth-order valence-corrected chi connectivity index (χ4v) is 2.71. The normalized spacial score (nSPS) is 13.9. The molecule has 1 aromatic rings. The van der Waals surface area contributed by atoms with Gasteiger partial charge >= 0.3 is 18.4 Å². The van der Waals surface area contributed by atoms with Gasteiger partial charge in [0.05, 0.1) is 4.90 Å². The Kier molecular flexibility index (Phi) is 6.37. The Balaban J connectivity index is 2.91. The number of halogens is 6. The molecule has 1 aromatic carbocycles. The number of carbonyl (C=O) groups excluding carboxylic acids is 1. The second kappa shape index (κ2) is 7.43. The van der Waals surface area contributed by atoms with Crippen LogP contribution < -0.4 is 15.6 Å².